The number of nitrogens with zero attached hydrogens (tertiary/aromatic N) is 2. The van der Waals surface area contributed by atoms with Gasteiger partial charge in [-0.05, 0) is 53.1 Å². The SMILES string of the molecule is FCc1cccc(C2(c3ccccc3)c3ccccc3N(c3ccccc3)c3ccccc32)n1. The van der Waals surface area contributed by atoms with Gasteiger partial charge < -0.3 is 4.90 Å². The molecule has 6 rings (SSSR count). The third-order valence-corrected chi connectivity index (χ3v) is 6.65. The summed E-state index contributed by atoms with van der Waals surface area (Å²) >= 11 is 0. The Morgan fingerprint density at radius 3 is 1.76 bits per heavy atom. The van der Waals surface area contributed by atoms with E-state index in [1.54, 1.807) is 6.07 Å². The lowest BCUT2D eigenvalue weighted by atomic mass is 9.64. The quantitative estimate of drug-likeness (QED) is 0.278. The van der Waals surface area contributed by atoms with Crippen LogP contribution in [0.2, 0.25) is 0 Å². The van der Waals surface area contributed by atoms with Crippen molar-refractivity contribution in [2.75, 3.05) is 4.90 Å². The van der Waals surface area contributed by atoms with Gasteiger partial charge in [0, 0.05) is 5.69 Å². The molecule has 2 heterocycles. The third-order valence-electron chi connectivity index (χ3n) is 6.65. The van der Waals surface area contributed by atoms with Crippen molar-refractivity contribution in [3.8, 4) is 0 Å². The molecule has 0 radical (unpaired) electrons. The average Bonchev–Trinajstić information content (AvgIpc) is 2.92. The molecule has 34 heavy (non-hydrogen) atoms. The maximum absolute atomic E-state index is 13.8. The molecule has 0 atom stereocenters. The van der Waals surface area contributed by atoms with E-state index in [-0.39, 0.29) is 0 Å². The van der Waals surface area contributed by atoms with E-state index in [2.05, 4.69) is 102 Å². The monoisotopic (exact) mass is 442 g/mol. The standard InChI is InChI=1S/C31H23FN2/c32-22-24-14-11-21-30(33-24)31(23-12-3-1-4-13-23)26-17-7-9-19-28(26)34(25-15-5-2-6-16-25)29-20-10-8-18-27(29)31/h1-21H,22H2. The number of halogens is 1. The maximum atomic E-state index is 13.8. The number of pyridine rings is 1. The van der Waals surface area contributed by atoms with E-state index in [0.717, 1.165) is 39.4 Å². The van der Waals surface area contributed by atoms with Crippen LogP contribution in [0.3, 0.4) is 0 Å². The highest BCUT2D eigenvalue weighted by atomic mass is 19.1. The molecule has 1 aliphatic rings. The Morgan fingerprint density at radius 2 is 1.15 bits per heavy atom. The molecule has 0 saturated carbocycles. The summed E-state index contributed by atoms with van der Waals surface area (Å²) in [6, 6.07) is 43.5. The van der Waals surface area contributed by atoms with Gasteiger partial charge in [-0.2, -0.15) is 0 Å². The molecular formula is C31H23FN2. The van der Waals surface area contributed by atoms with Crippen LogP contribution in [0.15, 0.2) is 127 Å². The topological polar surface area (TPSA) is 16.1 Å². The molecular weight excluding hydrogens is 419 g/mol. The minimum absolute atomic E-state index is 0.438. The lowest BCUT2D eigenvalue weighted by molar-refractivity contribution is 0.473. The summed E-state index contributed by atoms with van der Waals surface area (Å²) in [4.78, 5) is 7.18. The van der Waals surface area contributed by atoms with Crippen LogP contribution < -0.4 is 4.90 Å². The number of aromatic nitrogens is 1. The van der Waals surface area contributed by atoms with Crippen molar-refractivity contribution in [2.24, 2.45) is 0 Å². The number of benzene rings is 4. The summed E-state index contributed by atoms with van der Waals surface area (Å²) in [6.07, 6.45) is 0. The zero-order chi connectivity index (χ0) is 23.0. The number of hydrogen-bond donors (Lipinski definition) is 0. The molecule has 4 aromatic carbocycles. The highest BCUT2D eigenvalue weighted by Crippen LogP contribution is 2.57. The molecule has 3 heteroatoms. The highest BCUT2D eigenvalue weighted by molar-refractivity contribution is 5.88. The fourth-order valence-electron chi connectivity index (χ4n) is 5.29. The van der Waals surface area contributed by atoms with Gasteiger partial charge in [0.25, 0.3) is 0 Å². The van der Waals surface area contributed by atoms with Crippen LogP contribution >= 0.6 is 0 Å². The Kier molecular flexibility index (Phi) is 4.96. The molecule has 1 aromatic heterocycles. The van der Waals surface area contributed by atoms with Crippen LogP contribution in [0.4, 0.5) is 21.5 Å². The molecule has 0 amide bonds. The zero-order valence-electron chi connectivity index (χ0n) is 18.6. The summed E-state index contributed by atoms with van der Waals surface area (Å²) in [6.45, 7) is -0.599. The van der Waals surface area contributed by atoms with Gasteiger partial charge in [0.15, 0.2) is 0 Å². The number of alkyl halides is 1. The van der Waals surface area contributed by atoms with Crippen LogP contribution in [0.25, 0.3) is 0 Å². The van der Waals surface area contributed by atoms with Crippen molar-refractivity contribution in [3.63, 3.8) is 0 Å². The predicted molar refractivity (Wildman–Crippen MR) is 136 cm³/mol. The third kappa shape index (κ3) is 2.97. The van der Waals surface area contributed by atoms with E-state index in [4.69, 9.17) is 4.98 Å². The molecule has 0 unspecified atom stereocenters. The first-order valence-corrected chi connectivity index (χ1v) is 11.5. The predicted octanol–water partition coefficient (Wildman–Crippen LogP) is 7.72. The second kappa shape index (κ2) is 8.27. The van der Waals surface area contributed by atoms with Gasteiger partial charge in [0.1, 0.15) is 6.67 Å². The van der Waals surface area contributed by atoms with E-state index in [9.17, 15) is 4.39 Å². The molecule has 0 fully saturated rings. The number of para-hydroxylation sites is 3. The summed E-state index contributed by atoms with van der Waals surface area (Å²) in [5.74, 6) is 0. The summed E-state index contributed by atoms with van der Waals surface area (Å²) in [5.41, 5.74) is 7.17. The van der Waals surface area contributed by atoms with Gasteiger partial charge >= 0.3 is 0 Å². The van der Waals surface area contributed by atoms with E-state index in [0.29, 0.717) is 5.69 Å². The smallest absolute Gasteiger partial charge is 0.131 e. The van der Waals surface area contributed by atoms with Gasteiger partial charge in [0.05, 0.1) is 28.2 Å². The van der Waals surface area contributed by atoms with E-state index in [1.807, 2.05) is 24.3 Å². The molecule has 0 saturated heterocycles. The largest absolute Gasteiger partial charge is 0.310 e. The fourth-order valence-corrected chi connectivity index (χ4v) is 5.29. The Balaban J connectivity index is 1.77. The van der Waals surface area contributed by atoms with Gasteiger partial charge in [-0.25, -0.2) is 4.39 Å². The second-order valence-corrected chi connectivity index (χ2v) is 8.47. The van der Waals surface area contributed by atoms with Crippen molar-refractivity contribution in [1.29, 1.82) is 0 Å². The van der Waals surface area contributed by atoms with E-state index < -0.39 is 12.1 Å². The van der Waals surface area contributed by atoms with E-state index in [1.165, 1.54) is 0 Å². The minimum Gasteiger partial charge on any atom is -0.310 e. The number of anilines is 3. The van der Waals surface area contributed by atoms with Gasteiger partial charge in [-0.3, -0.25) is 4.98 Å². The van der Waals surface area contributed by atoms with Crippen molar-refractivity contribution in [3.05, 3.63) is 155 Å². The fraction of sp³-hybridized carbons (Fsp3) is 0.0645. The first-order valence-electron chi connectivity index (χ1n) is 11.5. The average molecular weight is 443 g/mol. The summed E-state index contributed by atoms with van der Waals surface area (Å²) < 4.78 is 13.8. The van der Waals surface area contributed by atoms with Crippen molar-refractivity contribution in [2.45, 2.75) is 12.1 Å². The molecule has 164 valence electrons. The lowest BCUT2D eigenvalue weighted by Gasteiger charge is -2.45. The normalized spacial score (nSPS) is 13.7. The van der Waals surface area contributed by atoms with Crippen LogP contribution in [0, 0.1) is 0 Å². The van der Waals surface area contributed by atoms with Crippen LogP contribution in [0.5, 0.6) is 0 Å². The maximum Gasteiger partial charge on any atom is 0.131 e. The first kappa shape index (κ1) is 20.4. The first-order chi connectivity index (χ1) is 16.8. The number of fused-ring (bicyclic) bond motifs is 2. The van der Waals surface area contributed by atoms with Gasteiger partial charge in [0.2, 0.25) is 0 Å². The number of rotatable bonds is 4. The Bertz CT molecular complexity index is 1400. The highest BCUT2D eigenvalue weighted by Gasteiger charge is 2.47. The summed E-state index contributed by atoms with van der Waals surface area (Å²) in [5, 5.41) is 0. The Labute approximate surface area is 199 Å². The summed E-state index contributed by atoms with van der Waals surface area (Å²) in [7, 11) is 0. The second-order valence-electron chi connectivity index (χ2n) is 8.47. The molecule has 0 spiro atoms. The number of hydrogen-bond acceptors (Lipinski definition) is 2. The molecule has 0 N–H and O–H groups in total. The van der Waals surface area contributed by atoms with Crippen LogP contribution in [-0.4, -0.2) is 4.98 Å². The molecule has 0 bridgehead atoms. The van der Waals surface area contributed by atoms with Crippen molar-refractivity contribution < 1.29 is 4.39 Å². The van der Waals surface area contributed by atoms with Crippen molar-refractivity contribution >= 4 is 17.1 Å². The molecule has 5 aromatic rings. The lowest BCUT2D eigenvalue weighted by Crippen LogP contribution is -2.38. The molecule has 0 aliphatic carbocycles. The van der Waals surface area contributed by atoms with E-state index >= 15 is 0 Å². The Morgan fingerprint density at radius 1 is 0.588 bits per heavy atom. The van der Waals surface area contributed by atoms with Crippen LogP contribution in [-0.2, 0) is 12.1 Å². The zero-order valence-corrected chi connectivity index (χ0v) is 18.6. The van der Waals surface area contributed by atoms with Crippen molar-refractivity contribution in [1.82, 2.24) is 4.98 Å². The molecule has 2 nitrogen and oxygen atoms in total. The van der Waals surface area contributed by atoms with Gasteiger partial charge in [-0.15, -0.1) is 0 Å². The molecule has 1 aliphatic heterocycles. The minimum atomic E-state index is -0.690. The van der Waals surface area contributed by atoms with Crippen LogP contribution in [0.1, 0.15) is 28.1 Å². The Hall–Kier alpha value is -4.24. The van der Waals surface area contributed by atoms with Gasteiger partial charge in [-0.1, -0.05) is 91.0 Å².